The summed E-state index contributed by atoms with van der Waals surface area (Å²) in [6.07, 6.45) is 3.44. The van der Waals surface area contributed by atoms with Crippen LogP contribution in [0.3, 0.4) is 0 Å². The van der Waals surface area contributed by atoms with Gasteiger partial charge in [0.15, 0.2) is 0 Å². The van der Waals surface area contributed by atoms with Crippen molar-refractivity contribution in [3.8, 4) is 17.6 Å². The highest BCUT2D eigenvalue weighted by Crippen LogP contribution is 2.25. The normalized spacial score (nSPS) is 10.4. The Bertz CT molecular complexity index is 1200. The molecule has 0 radical (unpaired) electrons. The third-order valence-electron chi connectivity index (χ3n) is 4.39. The Morgan fingerprint density at radius 3 is 2.71 bits per heavy atom. The molecule has 2 aromatic heterocycles. The lowest BCUT2D eigenvalue weighted by Crippen LogP contribution is -2.14. The SMILES string of the molecule is Cc1c(C(=O)Nc2cccc(Oc3ccc(C#N)cc3)c2)ccc2cncn12. The zero-order valence-electron chi connectivity index (χ0n) is 15.1. The summed E-state index contributed by atoms with van der Waals surface area (Å²) in [7, 11) is 0. The van der Waals surface area contributed by atoms with E-state index in [4.69, 9.17) is 10.00 Å². The molecule has 4 rings (SSSR count). The van der Waals surface area contributed by atoms with E-state index in [-0.39, 0.29) is 5.91 Å². The van der Waals surface area contributed by atoms with E-state index in [1.165, 1.54) is 0 Å². The largest absolute Gasteiger partial charge is 0.457 e. The van der Waals surface area contributed by atoms with Gasteiger partial charge in [-0.15, -0.1) is 0 Å². The Morgan fingerprint density at radius 2 is 1.93 bits per heavy atom. The number of nitrogens with zero attached hydrogens (tertiary/aromatic N) is 3. The molecule has 6 nitrogen and oxygen atoms in total. The fourth-order valence-electron chi connectivity index (χ4n) is 2.94. The van der Waals surface area contributed by atoms with E-state index in [1.807, 2.05) is 17.4 Å². The number of rotatable bonds is 4. The van der Waals surface area contributed by atoms with Gasteiger partial charge in [0.1, 0.15) is 11.5 Å². The third-order valence-corrected chi connectivity index (χ3v) is 4.39. The molecule has 0 bridgehead atoms. The Kier molecular flexibility index (Phi) is 4.48. The monoisotopic (exact) mass is 368 g/mol. The Hall–Kier alpha value is -4.11. The topological polar surface area (TPSA) is 79.4 Å². The first-order chi connectivity index (χ1) is 13.6. The number of amides is 1. The number of carbonyl (C=O) groups excluding carboxylic acids is 1. The first kappa shape index (κ1) is 17.3. The van der Waals surface area contributed by atoms with Crippen LogP contribution in [0.5, 0.6) is 11.5 Å². The van der Waals surface area contributed by atoms with Gasteiger partial charge in [0, 0.05) is 17.4 Å². The highest BCUT2D eigenvalue weighted by Gasteiger charge is 2.12. The number of anilines is 1. The number of hydrogen-bond donors (Lipinski definition) is 1. The number of pyridine rings is 1. The average Bonchev–Trinajstić information content (AvgIpc) is 3.19. The minimum Gasteiger partial charge on any atom is -0.457 e. The Balaban J connectivity index is 1.53. The van der Waals surface area contributed by atoms with Gasteiger partial charge in [0.05, 0.1) is 35.2 Å². The van der Waals surface area contributed by atoms with Gasteiger partial charge in [0.2, 0.25) is 0 Å². The van der Waals surface area contributed by atoms with Crippen molar-refractivity contribution < 1.29 is 9.53 Å². The van der Waals surface area contributed by atoms with Crippen LogP contribution in [0.1, 0.15) is 21.6 Å². The molecule has 0 aliphatic rings. The number of nitriles is 1. The molecule has 0 fully saturated rings. The molecule has 0 unspecified atom stereocenters. The number of aryl methyl sites for hydroxylation is 1. The lowest BCUT2D eigenvalue weighted by molar-refractivity contribution is 0.102. The van der Waals surface area contributed by atoms with Crippen LogP contribution in [0.2, 0.25) is 0 Å². The molecule has 1 N–H and O–H groups in total. The molecule has 0 atom stereocenters. The quantitative estimate of drug-likeness (QED) is 0.573. The van der Waals surface area contributed by atoms with Crippen LogP contribution in [-0.2, 0) is 0 Å². The van der Waals surface area contributed by atoms with Crippen LogP contribution < -0.4 is 10.1 Å². The minimum absolute atomic E-state index is 0.205. The summed E-state index contributed by atoms with van der Waals surface area (Å²) >= 11 is 0. The van der Waals surface area contributed by atoms with Crippen molar-refractivity contribution >= 4 is 17.1 Å². The van der Waals surface area contributed by atoms with E-state index < -0.39 is 0 Å². The molecule has 2 aromatic carbocycles. The number of ether oxygens (including phenoxy) is 1. The van der Waals surface area contributed by atoms with Gasteiger partial charge in [-0.25, -0.2) is 4.98 Å². The second-order valence-corrected chi connectivity index (χ2v) is 6.24. The number of hydrogen-bond acceptors (Lipinski definition) is 4. The molecule has 0 spiro atoms. The zero-order chi connectivity index (χ0) is 19.5. The highest BCUT2D eigenvalue weighted by molar-refractivity contribution is 6.05. The van der Waals surface area contributed by atoms with Crippen molar-refractivity contribution in [2.45, 2.75) is 6.92 Å². The summed E-state index contributed by atoms with van der Waals surface area (Å²) in [6.45, 7) is 1.88. The van der Waals surface area contributed by atoms with Gasteiger partial charge in [-0.2, -0.15) is 5.26 Å². The molecule has 136 valence electrons. The van der Waals surface area contributed by atoms with E-state index in [0.717, 1.165) is 11.2 Å². The van der Waals surface area contributed by atoms with E-state index in [9.17, 15) is 4.79 Å². The lowest BCUT2D eigenvalue weighted by atomic mass is 10.1. The molecule has 0 aliphatic heterocycles. The molecule has 28 heavy (non-hydrogen) atoms. The Labute approximate surface area is 161 Å². The maximum atomic E-state index is 12.7. The minimum atomic E-state index is -0.205. The molecule has 4 aromatic rings. The van der Waals surface area contributed by atoms with Gasteiger partial charge in [0.25, 0.3) is 5.91 Å². The summed E-state index contributed by atoms with van der Waals surface area (Å²) in [5, 5.41) is 11.8. The lowest BCUT2D eigenvalue weighted by Gasteiger charge is -2.11. The zero-order valence-corrected chi connectivity index (χ0v) is 15.1. The predicted molar refractivity (Wildman–Crippen MR) is 106 cm³/mol. The summed E-state index contributed by atoms with van der Waals surface area (Å²) in [5.41, 5.74) is 3.52. The van der Waals surface area contributed by atoms with Crippen LogP contribution in [0.25, 0.3) is 5.52 Å². The first-order valence-corrected chi connectivity index (χ1v) is 8.65. The molecule has 0 saturated carbocycles. The predicted octanol–water partition coefficient (Wildman–Crippen LogP) is 4.56. The standard InChI is InChI=1S/C22H16N4O2/c1-15-21(10-7-18-13-24-14-26(15)18)22(27)25-17-3-2-4-20(11-17)28-19-8-5-16(12-23)6-9-19/h2-11,13-14H,1H3,(H,25,27). The first-order valence-electron chi connectivity index (χ1n) is 8.65. The van der Waals surface area contributed by atoms with Crippen molar-refractivity contribution in [3.05, 3.63) is 90.0 Å². The van der Waals surface area contributed by atoms with Crippen molar-refractivity contribution in [2.24, 2.45) is 0 Å². The van der Waals surface area contributed by atoms with Gasteiger partial charge >= 0.3 is 0 Å². The van der Waals surface area contributed by atoms with Crippen LogP contribution in [0, 0.1) is 18.3 Å². The van der Waals surface area contributed by atoms with Crippen molar-refractivity contribution in [2.75, 3.05) is 5.32 Å². The molecule has 0 aliphatic carbocycles. The second kappa shape index (κ2) is 7.25. The highest BCUT2D eigenvalue weighted by atomic mass is 16.5. The molecular formula is C22H16N4O2. The smallest absolute Gasteiger partial charge is 0.257 e. The fourth-order valence-corrected chi connectivity index (χ4v) is 2.94. The van der Waals surface area contributed by atoms with Crippen molar-refractivity contribution in [1.82, 2.24) is 9.38 Å². The van der Waals surface area contributed by atoms with Crippen LogP contribution in [0.4, 0.5) is 5.69 Å². The van der Waals surface area contributed by atoms with Crippen molar-refractivity contribution in [1.29, 1.82) is 5.26 Å². The molecular weight excluding hydrogens is 352 g/mol. The van der Waals surface area contributed by atoms with Crippen molar-refractivity contribution in [3.63, 3.8) is 0 Å². The molecule has 0 saturated heterocycles. The molecule has 1 amide bonds. The number of benzene rings is 2. The summed E-state index contributed by atoms with van der Waals surface area (Å²) in [5.74, 6) is 0.997. The summed E-state index contributed by atoms with van der Waals surface area (Å²) < 4.78 is 7.68. The fraction of sp³-hybridized carbons (Fsp3) is 0.0455. The van der Waals surface area contributed by atoms with Crippen LogP contribution in [0.15, 0.2) is 73.2 Å². The second-order valence-electron chi connectivity index (χ2n) is 6.24. The van der Waals surface area contributed by atoms with Gasteiger partial charge in [-0.3, -0.25) is 4.79 Å². The van der Waals surface area contributed by atoms with E-state index >= 15 is 0 Å². The van der Waals surface area contributed by atoms with Gasteiger partial charge in [-0.1, -0.05) is 6.07 Å². The van der Waals surface area contributed by atoms with E-state index in [0.29, 0.717) is 28.3 Å². The van der Waals surface area contributed by atoms with Gasteiger partial charge in [-0.05, 0) is 55.5 Å². The third kappa shape index (κ3) is 3.41. The molecule has 6 heteroatoms. The number of fused-ring (bicyclic) bond motifs is 1. The number of imidazole rings is 1. The van der Waals surface area contributed by atoms with E-state index in [2.05, 4.69) is 16.4 Å². The van der Waals surface area contributed by atoms with E-state index in [1.54, 1.807) is 67.1 Å². The van der Waals surface area contributed by atoms with Crippen LogP contribution >= 0.6 is 0 Å². The summed E-state index contributed by atoms with van der Waals surface area (Å²) in [6, 6.07) is 19.7. The van der Waals surface area contributed by atoms with Crippen LogP contribution in [-0.4, -0.2) is 15.3 Å². The number of aromatic nitrogens is 2. The maximum Gasteiger partial charge on any atom is 0.257 e. The number of carbonyl (C=O) groups is 1. The average molecular weight is 368 g/mol. The summed E-state index contributed by atoms with van der Waals surface area (Å²) in [4.78, 5) is 16.8. The molecule has 2 heterocycles. The number of nitrogens with one attached hydrogen (secondary N) is 1. The maximum absolute atomic E-state index is 12.7. The van der Waals surface area contributed by atoms with Gasteiger partial charge < -0.3 is 14.5 Å². The Morgan fingerprint density at radius 1 is 1.11 bits per heavy atom.